The van der Waals surface area contributed by atoms with Crippen molar-refractivity contribution < 1.29 is 18.5 Å². The van der Waals surface area contributed by atoms with E-state index in [1.165, 1.54) is 36.4 Å². The van der Waals surface area contributed by atoms with Crippen LogP contribution in [0.3, 0.4) is 0 Å². The third kappa shape index (κ3) is 5.10. The Morgan fingerprint density at radius 1 is 1.13 bits per heavy atom. The fraction of sp³-hybridized carbons (Fsp3) is 0.286. The van der Waals surface area contributed by atoms with Crippen LogP contribution in [0.4, 0.5) is 15.8 Å². The zero-order valence-corrected chi connectivity index (χ0v) is 16.5. The standard InChI is InChI=1S/C21H20FN5O4/c22-16-3-1-14(2-4-16)20-24-25-21(31-20)15-9-11-26(12-10-15)13-19(28)23-17-5-7-18(8-6-17)27(29)30/h1-8,15H,9-13H2,(H,23,28). The molecule has 1 aliphatic rings. The number of carbonyl (C=O) groups is 1. The summed E-state index contributed by atoms with van der Waals surface area (Å²) < 4.78 is 18.8. The van der Waals surface area contributed by atoms with Crippen molar-refractivity contribution in [3.63, 3.8) is 0 Å². The number of nitro benzene ring substituents is 1. The number of halogens is 1. The maximum absolute atomic E-state index is 13.1. The third-order valence-electron chi connectivity index (χ3n) is 5.20. The molecule has 0 unspecified atom stereocenters. The monoisotopic (exact) mass is 425 g/mol. The Hall–Kier alpha value is -3.66. The topological polar surface area (TPSA) is 114 Å². The highest BCUT2D eigenvalue weighted by Crippen LogP contribution is 2.29. The Bertz CT molecular complexity index is 1060. The average Bonchev–Trinajstić information content (AvgIpc) is 3.25. The summed E-state index contributed by atoms with van der Waals surface area (Å²) in [5.41, 5.74) is 1.16. The number of anilines is 1. The third-order valence-corrected chi connectivity index (χ3v) is 5.20. The van der Waals surface area contributed by atoms with E-state index >= 15 is 0 Å². The molecule has 2 heterocycles. The van der Waals surface area contributed by atoms with Gasteiger partial charge in [0.2, 0.25) is 17.7 Å². The molecule has 9 nitrogen and oxygen atoms in total. The number of aromatic nitrogens is 2. The number of rotatable bonds is 6. The molecule has 3 aromatic rings. The van der Waals surface area contributed by atoms with Crippen molar-refractivity contribution >= 4 is 17.3 Å². The van der Waals surface area contributed by atoms with Gasteiger partial charge in [0.1, 0.15) is 5.82 Å². The van der Waals surface area contributed by atoms with Gasteiger partial charge in [-0.1, -0.05) is 0 Å². The van der Waals surface area contributed by atoms with E-state index in [2.05, 4.69) is 15.5 Å². The summed E-state index contributed by atoms with van der Waals surface area (Å²) in [7, 11) is 0. The predicted molar refractivity (Wildman–Crippen MR) is 110 cm³/mol. The van der Waals surface area contributed by atoms with Crippen molar-refractivity contribution in [3.05, 3.63) is 70.4 Å². The maximum atomic E-state index is 13.1. The minimum atomic E-state index is -0.484. The number of nitrogens with zero attached hydrogens (tertiary/aromatic N) is 4. The van der Waals surface area contributed by atoms with Gasteiger partial charge in [-0.05, 0) is 62.3 Å². The molecule has 0 saturated carbocycles. The minimum Gasteiger partial charge on any atom is -0.420 e. The van der Waals surface area contributed by atoms with Crippen LogP contribution in [0.5, 0.6) is 0 Å². The first-order valence-electron chi connectivity index (χ1n) is 9.84. The molecule has 0 spiro atoms. The van der Waals surface area contributed by atoms with Gasteiger partial charge in [-0.3, -0.25) is 19.8 Å². The maximum Gasteiger partial charge on any atom is 0.269 e. The SMILES string of the molecule is O=C(CN1CCC(c2nnc(-c3ccc(F)cc3)o2)CC1)Nc1ccc([N+](=O)[O-])cc1. The minimum absolute atomic E-state index is 0.0244. The van der Waals surface area contributed by atoms with Crippen LogP contribution in [0.1, 0.15) is 24.7 Å². The van der Waals surface area contributed by atoms with E-state index in [4.69, 9.17) is 4.42 Å². The zero-order chi connectivity index (χ0) is 21.8. The highest BCUT2D eigenvalue weighted by Gasteiger charge is 2.26. The van der Waals surface area contributed by atoms with Gasteiger partial charge in [0.25, 0.3) is 5.69 Å². The first kappa shape index (κ1) is 20.6. The van der Waals surface area contributed by atoms with Crippen molar-refractivity contribution in [2.75, 3.05) is 25.0 Å². The van der Waals surface area contributed by atoms with Crippen LogP contribution < -0.4 is 5.32 Å². The van der Waals surface area contributed by atoms with Crippen molar-refractivity contribution in [1.29, 1.82) is 0 Å². The molecule has 1 aliphatic heterocycles. The van der Waals surface area contributed by atoms with Gasteiger partial charge in [-0.15, -0.1) is 10.2 Å². The van der Waals surface area contributed by atoms with Crippen LogP contribution in [0.2, 0.25) is 0 Å². The Morgan fingerprint density at radius 2 is 1.81 bits per heavy atom. The first-order chi connectivity index (χ1) is 15.0. The Labute approximate surface area is 177 Å². The lowest BCUT2D eigenvalue weighted by Gasteiger charge is -2.29. The first-order valence-corrected chi connectivity index (χ1v) is 9.84. The fourth-order valence-corrected chi connectivity index (χ4v) is 3.52. The van der Waals surface area contributed by atoms with E-state index in [0.29, 0.717) is 36.1 Å². The normalized spacial score (nSPS) is 15.0. The molecule has 10 heteroatoms. The molecule has 31 heavy (non-hydrogen) atoms. The summed E-state index contributed by atoms with van der Waals surface area (Å²) in [6.07, 6.45) is 1.55. The summed E-state index contributed by atoms with van der Waals surface area (Å²) in [6.45, 7) is 1.63. The molecular formula is C21H20FN5O4. The number of amides is 1. The zero-order valence-electron chi connectivity index (χ0n) is 16.5. The summed E-state index contributed by atoms with van der Waals surface area (Å²) >= 11 is 0. The average molecular weight is 425 g/mol. The molecule has 1 N–H and O–H groups in total. The second-order valence-corrected chi connectivity index (χ2v) is 7.35. The quantitative estimate of drug-likeness (QED) is 0.474. The summed E-state index contributed by atoms with van der Waals surface area (Å²) in [4.78, 5) is 24.5. The van der Waals surface area contributed by atoms with E-state index < -0.39 is 4.92 Å². The van der Waals surface area contributed by atoms with Gasteiger partial charge in [-0.2, -0.15) is 0 Å². The molecule has 1 saturated heterocycles. The summed E-state index contributed by atoms with van der Waals surface area (Å²) in [5, 5.41) is 21.7. The lowest BCUT2D eigenvalue weighted by Crippen LogP contribution is -2.38. The van der Waals surface area contributed by atoms with Gasteiger partial charge in [0.05, 0.1) is 11.5 Å². The smallest absolute Gasteiger partial charge is 0.269 e. The van der Waals surface area contributed by atoms with Gasteiger partial charge in [0, 0.05) is 29.3 Å². The largest absolute Gasteiger partial charge is 0.420 e. The van der Waals surface area contributed by atoms with E-state index in [0.717, 1.165) is 12.8 Å². The second-order valence-electron chi connectivity index (χ2n) is 7.35. The van der Waals surface area contributed by atoms with Crippen molar-refractivity contribution in [1.82, 2.24) is 15.1 Å². The Morgan fingerprint density at radius 3 is 2.45 bits per heavy atom. The Balaban J connectivity index is 1.27. The highest BCUT2D eigenvalue weighted by molar-refractivity contribution is 5.92. The van der Waals surface area contributed by atoms with Crippen molar-refractivity contribution in [3.8, 4) is 11.5 Å². The Kier molecular flexibility index (Phi) is 5.99. The highest BCUT2D eigenvalue weighted by atomic mass is 19.1. The predicted octanol–water partition coefficient (Wildman–Crippen LogP) is 3.60. The van der Waals surface area contributed by atoms with Crippen molar-refractivity contribution in [2.45, 2.75) is 18.8 Å². The van der Waals surface area contributed by atoms with Crippen molar-refractivity contribution in [2.24, 2.45) is 0 Å². The van der Waals surface area contributed by atoms with Gasteiger partial charge in [0.15, 0.2) is 0 Å². The van der Waals surface area contributed by atoms with Gasteiger partial charge < -0.3 is 9.73 Å². The number of benzene rings is 2. The molecule has 0 radical (unpaired) electrons. The lowest BCUT2D eigenvalue weighted by molar-refractivity contribution is -0.384. The molecule has 0 bridgehead atoms. The molecular weight excluding hydrogens is 405 g/mol. The second kappa shape index (κ2) is 9.00. The molecule has 4 rings (SSSR count). The van der Waals surface area contributed by atoms with E-state index in [1.807, 2.05) is 4.90 Å². The van der Waals surface area contributed by atoms with Crippen LogP contribution in [-0.4, -0.2) is 45.6 Å². The molecule has 0 aliphatic carbocycles. The lowest BCUT2D eigenvalue weighted by atomic mass is 9.97. The number of hydrogen-bond donors (Lipinski definition) is 1. The molecule has 1 aromatic heterocycles. The van der Waals surface area contributed by atoms with Crippen LogP contribution in [0.15, 0.2) is 52.9 Å². The number of piperidine rings is 1. The van der Waals surface area contributed by atoms with Crippen LogP contribution in [0.25, 0.3) is 11.5 Å². The number of non-ortho nitro benzene ring substituents is 1. The summed E-state index contributed by atoms with van der Waals surface area (Å²) in [6, 6.07) is 11.6. The number of carbonyl (C=O) groups excluding carboxylic acids is 1. The van der Waals surface area contributed by atoms with E-state index in [9.17, 15) is 19.3 Å². The molecule has 2 aromatic carbocycles. The van der Waals surface area contributed by atoms with Gasteiger partial charge >= 0.3 is 0 Å². The molecule has 1 amide bonds. The van der Waals surface area contributed by atoms with E-state index in [-0.39, 0.29) is 29.9 Å². The van der Waals surface area contributed by atoms with Crippen LogP contribution in [0, 0.1) is 15.9 Å². The molecule has 1 fully saturated rings. The number of nitrogens with one attached hydrogen (secondary N) is 1. The molecule has 160 valence electrons. The van der Waals surface area contributed by atoms with Gasteiger partial charge in [-0.25, -0.2) is 4.39 Å². The summed E-state index contributed by atoms with van der Waals surface area (Å²) in [5.74, 6) is 0.516. The number of hydrogen-bond acceptors (Lipinski definition) is 7. The fourth-order valence-electron chi connectivity index (χ4n) is 3.52. The van der Waals surface area contributed by atoms with E-state index in [1.54, 1.807) is 12.1 Å². The number of likely N-dealkylation sites (tertiary alicyclic amines) is 1. The van der Waals surface area contributed by atoms with Crippen LogP contribution in [-0.2, 0) is 4.79 Å². The van der Waals surface area contributed by atoms with Crippen LogP contribution >= 0.6 is 0 Å². The molecule has 0 atom stereocenters. The number of nitro groups is 1.